The van der Waals surface area contributed by atoms with Crippen molar-refractivity contribution in [2.75, 3.05) is 10.6 Å². The minimum absolute atomic E-state index is 0.546. The predicted octanol–water partition coefficient (Wildman–Crippen LogP) is 3.82. The van der Waals surface area contributed by atoms with Crippen LogP contribution < -0.4 is 10.6 Å². The number of thiocarbonyl (C=S) groups is 1. The van der Waals surface area contributed by atoms with Crippen LogP contribution >= 0.6 is 12.2 Å². The van der Waals surface area contributed by atoms with Gasteiger partial charge in [-0.05, 0) is 61.8 Å². The Bertz CT molecular complexity index is 591. The third kappa shape index (κ3) is 3.76. The van der Waals surface area contributed by atoms with E-state index >= 15 is 0 Å². The molecule has 0 unspecified atom stereocenters. The lowest BCUT2D eigenvalue weighted by atomic mass is 10.1. The number of hydrogen-bond acceptors (Lipinski definition) is 2. The van der Waals surface area contributed by atoms with Gasteiger partial charge in [0, 0.05) is 11.9 Å². The van der Waals surface area contributed by atoms with Crippen molar-refractivity contribution in [3.63, 3.8) is 0 Å². The highest BCUT2D eigenvalue weighted by Gasteiger charge is 2.02. The molecule has 2 rings (SSSR count). The van der Waals surface area contributed by atoms with Gasteiger partial charge >= 0.3 is 0 Å². The number of aryl methyl sites for hydroxylation is 3. The molecule has 0 aliphatic carbocycles. The summed E-state index contributed by atoms with van der Waals surface area (Å²) >= 11 is 5.29. The maximum atomic E-state index is 5.29. The summed E-state index contributed by atoms with van der Waals surface area (Å²) in [4.78, 5) is 4.26. The Kier molecular flexibility index (Phi) is 4.12. The molecular weight excluding hydrogens is 254 g/mol. The normalized spacial score (nSPS) is 10.1. The molecular formula is C15H17N3S. The van der Waals surface area contributed by atoms with Crippen LogP contribution in [0.3, 0.4) is 0 Å². The minimum Gasteiger partial charge on any atom is -0.332 e. The highest BCUT2D eigenvalue weighted by atomic mass is 32.1. The number of rotatable bonds is 2. The van der Waals surface area contributed by atoms with Gasteiger partial charge in [0.15, 0.2) is 5.11 Å². The quantitative estimate of drug-likeness (QED) is 0.814. The van der Waals surface area contributed by atoms with Crippen molar-refractivity contribution < 1.29 is 0 Å². The zero-order chi connectivity index (χ0) is 13.8. The zero-order valence-electron chi connectivity index (χ0n) is 11.3. The molecule has 0 spiro atoms. The monoisotopic (exact) mass is 271 g/mol. The van der Waals surface area contributed by atoms with E-state index in [4.69, 9.17) is 12.2 Å². The van der Waals surface area contributed by atoms with Crippen LogP contribution in [0, 0.1) is 20.8 Å². The molecule has 0 amide bonds. The van der Waals surface area contributed by atoms with Gasteiger partial charge in [-0.15, -0.1) is 0 Å². The van der Waals surface area contributed by atoms with Gasteiger partial charge in [-0.3, -0.25) is 0 Å². The standard InChI is InChI=1S/C15H17N3S/c1-10-4-6-12(3)13(8-10)17-15(19)18-14-7-5-11(2)9-16-14/h4-9H,1-3H3,(H2,16,17,18,19). The maximum Gasteiger partial charge on any atom is 0.176 e. The van der Waals surface area contributed by atoms with Crippen molar-refractivity contribution in [2.24, 2.45) is 0 Å². The number of hydrogen-bond donors (Lipinski definition) is 2. The fraction of sp³-hybridized carbons (Fsp3) is 0.200. The highest BCUT2D eigenvalue weighted by Crippen LogP contribution is 2.16. The Hall–Kier alpha value is -1.94. The lowest BCUT2D eigenvalue weighted by Gasteiger charge is -2.12. The third-order valence-corrected chi connectivity index (χ3v) is 3.00. The fourth-order valence-electron chi connectivity index (χ4n) is 1.68. The molecule has 98 valence electrons. The molecule has 1 aromatic carbocycles. The number of nitrogens with one attached hydrogen (secondary N) is 2. The van der Waals surface area contributed by atoms with Crippen LogP contribution in [-0.2, 0) is 0 Å². The molecule has 0 atom stereocenters. The number of pyridine rings is 1. The summed E-state index contributed by atoms with van der Waals surface area (Å²) in [6.45, 7) is 6.11. The van der Waals surface area contributed by atoms with Crippen LogP contribution in [0.1, 0.15) is 16.7 Å². The van der Waals surface area contributed by atoms with E-state index in [1.54, 1.807) is 0 Å². The summed E-state index contributed by atoms with van der Waals surface area (Å²) in [6, 6.07) is 10.1. The summed E-state index contributed by atoms with van der Waals surface area (Å²) in [5.74, 6) is 0.744. The van der Waals surface area contributed by atoms with E-state index in [1.165, 1.54) is 5.56 Å². The second kappa shape index (κ2) is 5.80. The number of nitrogens with zero attached hydrogens (tertiary/aromatic N) is 1. The average molecular weight is 271 g/mol. The average Bonchev–Trinajstić information content (AvgIpc) is 2.37. The van der Waals surface area contributed by atoms with E-state index in [2.05, 4.69) is 47.7 Å². The van der Waals surface area contributed by atoms with Gasteiger partial charge < -0.3 is 10.6 Å². The first-order valence-corrected chi connectivity index (χ1v) is 6.53. The smallest absolute Gasteiger partial charge is 0.176 e. The molecule has 0 aliphatic rings. The van der Waals surface area contributed by atoms with Crippen molar-refractivity contribution >= 4 is 28.8 Å². The number of aromatic nitrogens is 1. The van der Waals surface area contributed by atoms with E-state index in [0.29, 0.717) is 5.11 Å². The van der Waals surface area contributed by atoms with E-state index in [0.717, 1.165) is 22.6 Å². The Labute approximate surface area is 119 Å². The summed E-state index contributed by atoms with van der Waals surface area (Å²) in [5, 5.41) is 6.81. The molecule has 0 saturated heterocycles. The molecule has 0 aliphatic heterocycles. The van der Waals surface area contributed by atoms with E-state index in [9.17, 15) is 0 Å². The predicted molar refractivity (Wildman–Crippen MR) is 84.7 cm³/mol. The number of anilines is 2. The Morgan fingerprint density at radius 3 is 2.42 bits per heavy atom. The molecule has 1 heterocycles. The molecule has 0 fully saturated rings. The first-order chi connectivity index (χ1) is 9.04. The lowest BCUT2D eigenvalue weighted by Crippen LogP contribution is -2.20. The Morgan fingerprint density at radius 1 is 1.00 bits per heavy atom. The number of benzene rings is 1. The van der Waals surface area contributed by atoms with Gasteiger partial charge in [0.25, 0.3) is 0 Å². The van der Waals surface area contributed by atoms with Crippen LogP contribution in [0.15, 0.2) is 36.5 Å². The molecule has 2 N–H and O–H groups in total. The minimum atomic E-state index is 0.546. The van der Waals surface area contributed by atoms with Crippen molar-refractivity contribution in [3.05, 3.63) is 53.2 Å². The lowest BCUT2D eigenvalue weighted by molar-refractivity contribution is 1.27. The van der Waals surface area contributed by atoms with E-state index < -0.39 is 0 Å². The molecule has 0 bridgehead atoms. The zero-order valence-corrected chi connectivity index (χ0v) is 12.1. The van der Waals surface area contributed by atoms with E-state index in [-0.39, 0.29) is 0 Å². The molecule has 4 heteroatoms. The molecule has 2 aromatic rings. The van der Waals surface area contributed by atoms with Crippen molar-refractivity contribution in [1.82, 2.24) is 4.98 Å². The summed E-state index contributed by atoms with van der Waals surface area (Å²) < 4.78 is 0. The van der Waals surface area contributed by atoms with Crippen LogP contribution in [-0.4, -0.2) is 10.1 Å². The van der Waals surface area contributed by atoms with Crippen LogP contribution in [0.5, 0.6) is 0 Å². The third-order valence-electron chi connectivity index (χ3n) is 2.79. The SMILES string of the molecule is Cc1ccc(NC(=S)Nc2cc(C)ccc2C)nc1. The summed E-state index contributed by atoms with van der Waals surface area (Å²) in [5.41, 5.74) is 4.50. The summed E-state index contributed by atoms with van der Waals surface area (Å²) in [7, 11) is 0. The van der Waals surface area contributed by atoms with Gasteiger partial charge in [0.05, 0.1) is 0 Å². The highest BCUT2D eigenvalue weighted by molar-refractivity contribution is 7.80. The second-order valence-electron chi connectivity index (χ2n) is 4.62. The largest absolute Gasteiger partial charge is 0.332 e. The van der Waals surface area contributed by atoms with Crippen molar-refractivity contribution in [2.45, 2.75) is 20.8 Å². The van der Waals surface area contributed by atoms with E-state index in [1.807, 2.05) is 25.3 Å². The Balaban J connectivity index is 2.05. The van der Waals surface area contributed by atoms with Crippen LogP contribution in [0.2, 0.25) is 0 Å². The second-order valence-corrected chi connectivity index (χ2v) is 5.03. The molecule has 0 radical (unpaired) electrons. The first kappa shape index (κ1) is 13.5. The van der Waals surface area contributed by atoms with Gasteiger partial charge in [-0.2, -0.15) is 0 Å². The van der Waals surface area contributed by atoms with Crippen LogP contribution in [0.25, 0.3) is 0 Å². The molecule has 1 aromatic heterocycles. The van der Waals surface area contributed by atoms with Crippen molar-refractivity contribution in [1.29, 1.82) is 0 Å². The van der Waals surface area contributed by atoms with Gasteiger partial charge in [-0.25, -0.2) is 4.98 Å². The van der Waals surface area contributed by atoms with Gasteiger partial charge in [0.1, 0.15) is 5.82 Å². The topological polar surface area (TPSA) is 37.0 Å². The van der Waals surface area contributed by atoms with Gasteiger partial charge in [0.2, 0.25) is 0 Å². The molecule has 3 nitrogen and oxygen atoms in total. The Morgan fingerprint density at radius 2 is 1.74 bits per heavy atom. The maximum absolute atomic E-state index is 5.29. The molecule has 19 heavy (non-hydrogen) atoms. The van der Waals surface area contributed by atoms with Gasteiger partial charge in [-0.1, -0.05) is 18.2 Å². The fourth-order valence-corrected chi connectivity index (χ4v) is 1.90. The van der Waals surface area contributed by atoms with Crippen molar-refractivity contribution in [3.8, 4) is 0 Å². The summed E-state index contributed by atoms with van der Waals surface area (Å²) in [6.07, 6.45) is 1.81. The molecule has 0 saturated carbocycles. The first-order valence-electron chi connectivity index (χ1n) is 6.12. The van der Waals surface area contributed by atoms with Crippen LogP contribution in [0.4, 0.5) is 11.5 Å².